The van der Waals surface area contributed by atoms with E-state index in [9.17, 15) is 14.4 Å². The summed E-state index contributed by atoms with van der Waals surface area (Å²) < 4.78 is 9.74. The van der Waals surface area contributed by atoms with Crippen molar-refractivity contribution >= 4 is 17.7 Å². The molecule has 5 nitrogen and oxygen atoms in total. The number of allylic oxidation sites excluding steroid dienone is 1. The lowest BCUT2D eigenvalue weighted by Gasteiger charge is -2.58. The van der Waals surface area contributed by atoms with Gasteiger partial charge in [-0.2, -0.15) is 0 Å². The number of hydrogen-bond acceptors (Lipinski definition) is 5. The molecule has 0 spiro atoms. The molecule has 0 aromatic carbocycles. The highest BCUT2D eigenvalue weighted by Gasteiger charge is 2.67. The van der Waals surface area contributed by atoms with Crippen LogP contribution >= 0.6 is 0 Å². The topological polar surface area (TPSA) is 69.7 Å². The lowest BCUT2D eigenvalue weighted by atomic mass is 9.46. The molecule has 5 heteroatoms. The molecule has 0 aromatic rings. The Morgan fingerprint density at radius 1 is 1.06 bits per heavy atom. The molecule has 4 saturated carbocycles. The predicted octanol–water partition coefficient (Wildman–Crippen LogP) is 4.73. The predicted molar refractivity (Wildman–Crippen MR) is 119 cm³/mol. The van der Waals surface area contributed by atoms with E-state index in [1.807, 2.05) is 6.08 Å². The first-order valence-corrected chi connectivity index (χ1v) is 12.6. The second kappa shape index (κ2) is 7.70. The summed E-state index contributed by atoms with van der Waals surface area (Å²) in [5.74, 6) is 2.75. The van der Waals surface area contributed by atoms with Crippen LogP contribution in [0, 0.1) is 52.3 Å². The van der Waals surface area contributed by atoms with Gasteiger partial charge in [-0.15, -0.1) is 0 Å². The number of hydrogen-bond donors (Lipinski definition) is 0. The van der Waals surface area contributed by atoms with Crippen molar-refractivity contribution in [2.45, 2.75) is 71.6 Å². The van der Waals surface area contributed by atoms with Gasteiger partial charge in [0.05, 0.1) is 14.2 Å². The molecule has 0 radical (unpaired) electrons. The summed E-state index contributed by atoms with van der Waals surface area (Å²) in [6.45, 7) is 4.95. The number of rotatable bonds is 5. The van der Waals surface area contributed by atoms with Crippen LogP contribution in [0.5, 0.6) is 0 Å². The molecule has 0 bridgehead atoms. The Morgan fingerprint density at radius 2 is 1.78 bits per heavy atom. The third kappa shape index (κ3) is 3.13. The maximum Gasteiger partial charge on any atom is 0.320 e. The average molecular weight is 443 g/mol. The van der Waals surface area contributed by atoms with Gasteiger partial charge in [0.25, 0.3) is 0 Å². The van der Waals surface area contributed by atoms with Crippen LogP contribution in [-0.4, -0.2) is 31.9 Å². The summed E-state index contributed by atoms with van der Waals surface area (Å²) in [7, 11) is 2.67. The number of ether oxygens (including phenoxy) is 2. The second-order valence-electron chi connectivity index (χ2n) is 11.8. The Bertz CT molecular complexity index is 844. The van der Waals surface area contributed by atoms with E-state index in [4.69, 9.17) is 9.47 Å². The monoisotopic (exact) mass is 442 g/mol. The summed E-state index contributed by atoms with van der Waals surface area (Å²) in [5.41, 5.74) is 2.00. The highest BCUT2D eigenvalue weighted by molar-refractivity contribution is 5.94. The van der Waals surface area contributed by atoms with E-state index in [-0.39, 0.29) is 10.8 Å². The van der Waals surface area contributed by atoms with E-state index in [2.05, 4.69) is 13.8 Å². The van der Waals surface area contributed by atoms with E-state index in [0.717, 1.165) is 30.6 Å². The fraction of sp³-hybridized carbons (Fsp3) is 0.815. The first-order chi connectivity index (χ1) is 15.2. The Morgan fingerprint density at radius 3 is 2.47 bits per heavy atom. The van der Waals surface area contributed by atoms with Gasteiger partial charge in [0.2, 0.25) is 0 Å². The van der Waals surface area contributed by atoms with Crippen LogP contribution in [0.2, 0.25) is 0 Å². The summed E-state index contributed by atoms with van der Waals surface area (Å²) in [6, 6.07) is 0. The molecule has 0 N–H and O–H groups in total. The molecule has 0 amide bonds. The molecule has 176 valence electrons. The highest BCUT2D eigenvalue weighted by atomic mass is 16.5. The molecule has 5 aliphatic rings. The van der Waals surface area contributed by atoms with Crippen LogP contribution in [0.15, 0.2) is 11.6 Å². The zero-order valence-electron chi connectivity index (χ0n) is 20.0. The minimum atomic E-state index is -0.808. The number of carbonyl (C=O) groups excluding carboxylic acids is 3. The van der Waals surface area contributed by atoms with Crippen LogP contribution in [-0.2, 0) is 23.9 Å². The maximum absolute atomic E-state index is 12.2. The number of methoxy groups -OCH3 is 2. The number of ketones is 1. The molecule has 4 unspecified atom stereocenters. The zero-order valence-corrected chi connectivity index (χ0v) is 20.0. The number of esters is 2. The third-order valence-electron chi connectivity index (χ3n) is 10.7. The number of fused-ring (bicyclic) bond motifs is 8. The SMILES string of the molecule is COC(=O)C(CCC1CCC2C3C(CC[C@]12C)[C@@]1(C)CCC(=O)C=C1[C@H]1C[C@@H]31)C(=O)OC. The van der Waals surface area contributed by atoms with Gasteiger partial charge in [0, 0.05) is 6.42 Å². The van der Waals surface area contributed by atoms with Crippen molar-refractivity contribution in [3.05, 3.63) is 11.6 Å². The van der Waals surface area contributed by atoms with Crippen molar-refractivity contribution in [2.75, 3.05) is 14.2 Å². The molecule has 4 fully saturated rings. The first kappa shape index (κ1) is 22.2. The van der Waals surface area contributed by atoms with E-state index in [1.165, 1.54) is 51.9 Å². The van der Waals surface area contributed by atoms with Crippen LogP contribution in [0.25, 0.3) is 0 Å². The molecule has 5 aliphatic carbocycles. The summed E-state index contributed by atoms with van der Waals surface area (Å²) in [5, 5.41) is 0. The Balaban J connectivity index is 1.34. The smallest absolute Gasteiger partial charge is 0.320 e. The summed E-state index contributed by atoms with van der Waals surface area (Å²) >= 11 is 0. The normalized spacial score (nSPS) is 44.0. The minimum absolute atomic E-state index is 0.219. The van der Waals surface area contributed by atoms with Crippen molar-refractivity contribution in [3.63, 3.8) is 0 Å². The van der Waals surface area contributed by atoms with Gasteiger partial charge in [0.15, 0.2) is 11.7 Å². The maximum atomic E-state index is 12.2. The zero-order chi connectivity index (χ0) is 22.8. The Kier molecular flexibility index (Phi) is 5.33. The van der Waals surface area contributed by atoms with Crippen molar-refractivity contribution in [3.8, 4) is 0 Å². The average Bonchev–Trinajstić information content (AvgIpc) is 3.50. The highest BCUT2D eigenvalue weighted by Crippen LogP contribution is 2.74. The first-order valence-electron chi connectivity index (χ1n) is 12.6. The summed E-state index contributed by atoms with van der Waals surface area (Å²) in [6.07, 6.45) is 11.4. The van der Waals surface area contributed by atoms with E-state index >= 15 is 0 Å². The molecule has 0 saturated heterocycles. The van der Waals surface area contributed by atoms with Gasteiger partial charge in [-0.25, -0.2) is 0 Å². The van der Waals surface area contributed by atoms with Gasteiger partial charge < -0.3 is 9.47 Å². The largest absolute Gasteiger partial charge is 0.468 e. The molecular formula is C27H38O5. The molecule has 32 heavy (non-hydrogen) atoms. The molecule has 0 aliphatic heterocycles. The van der Waals surface area contributed by atoms with Gasteiger partial charge in [-0.05, 0) is 104 Å². The standard InChI is InChI=1S/C27H38O5/c1-26-12-10-21-23(19-14-18(19)22-13-16(28)9-11-27(21,22)2)20(26)8-6-15(26)5-7-17(24(29)31-3)25(30)32-4/h13,15,17-21,23H,5-12,14H2,1-4H3/t15?,18-,19+,20?,21?,23?,26+,27+/m0/s1. The summed E-state index contributed by atoms with van der Waals surface area (Å²) in [4.78, 5) is 36.5. The van der Waals surface area contributed by atoms with Crippen LogP contribution in [0.4, 0.5) is 0 Å². The fourth-order valence-corrected chi connectivity index (χ4v) is 8.97. The van der Waals surface area contributed by atoms with Crippen LogP contribution in [0.3, 0.4) is 0 Å². The molecule has 8 atom stereocenters. The third-order valence-corrected chi connectivity index (χ3v) is 10.7. The van der Waals surface area contributed by atoms with Crippen molar-refractivity contribution in [1.29, 1.82) is 0 Å². The number of carbonyl (C=O) groups is 3. The quantitative estimate of drug-likeness (QED) is 0.455. The van der Waals surface area contributed by atoms with Gasteiger partial charge >= 0.3 is 11.9 Å². The van der Waals surface area contributed by atoms with Crippen molar-refractivity contribution in [1.82, 2.24) is 0 Å². The molecule has 0 aromatic heterocycles. The van der Waals surface area contributed by atoms with Gasteiger partial charge in [-0.3, -0.25) is 14.4 Å². The van der Waals surface area contributed by atoms with E-state index in [0.29, 0.717) is 36.4 Å². The van der Waals surface area contributed by atoms with Gasteiger partial charge in [-0.1, -0.05) is 19.4 Å². The molecule has 5 rings (SSSR count). The Labute approximate surface area is 191 Å². The van der Waals surface area contributed by atoms with E-state index < -0.39 is 17.9 Å². The lowest BCUT2D eigenvalue weighted by molar-refractivity contribution is -0.159. The fourth-order valence-electron chi connectivity index (χ4n) is 8.97. The lowest BCUT2D eigenvalue weighted by Crippen LogP contribution is -2.51. The van der Waals surface area contributed by atoms with Gasteiger partial charge in [0.1, 0.15) is 0 Å². The van der Waals surface area contributed by atoms with Crippen molar-refractivity contribution in [2.24, 2.45) is 52.3 Å². The molecular weight excluding hydrogens is 404 g/mol. The van der Waals surface area contributed by atoms with E-state index in [1.54, 1.807) is 0 Å². The van der Waals surface area contributed by atoms with Crippen LogP contribution in [0.1, 0.15) is 71.6 Å². The van der Waals surface area contributed by atoms with Crippen LogP contribution < -0.4 is 0 Å². The second-order valence-corrected chi connectivity index (χ2v) is 11.8. The molecule has 0 heterocycles. The minimum Gasteiger partial charge on any atom is -0.468 e. The Hall–Kier alpha value is -1.65. The van der Waals surface area contributed by atoms with Crippen molar-refractivity contribution < 1.29 is 23.9 Å².